The minimum Gasteiger partial charge on any atom is -0.367 e. The Labute approximate surface area is 277 Å². The van der Waals surface area contributed by atoms with Crippen LogP contribution in [0.4, 0.5) is 30.2 Å². The molecule has 2 aromatic heterocycles. The summed E-state index contributed by atoms with van der Waals surface area (Å²) in [5.74, 6) is 0.0160. The molecule has 0 bridgehead atoms. The minimum atomic E-state index is -4.68. The summed E-state index contributed by atoms with van der Waals surface area (Å²) in [5.41, 5.74) is 4.50. The quantitative estimate of drug-likeness (QED) is 0.180. The van der Waals surface area contributed by atoms with E-state index in [0.29, 0.717) is 48.1 Å². The summed E-state index contributed by atoms with van der Waals surface area (Å²) >= 11 is 0. The van der Waals surface area contributed by atoms with Gasteiger partial charge < -0.3 is 9.80 Å². The van der Waals surface area contributed by atoms with E-state index < -0.39 is 11.7 Å². The molecule has 1 aliphatic heterocycles. The summed E-state index contributed by atoms with van der Waals surface area (Å²) in [6, 6.07) is 11.7. The first-order valence-electron chi connectivity index (χ1n) is 16.1. The van der Waals surface area contributed by atoms with Crippen LogP contribution in [-0.2, 0) is 22.2 Å². The zero-order valence-electron chi connectivity index (χ0n) is 26.9. The van der Waals surface area contributed by atoms with Crippen molar-refractivity contribution in [3.8, 4) is 11.1 Å². The van der Waals surface area contributed by atoms with E-state index in [1.807, 2.05) is 56.4 Å². The van der Waals surface area contributed by atoms with Gasteiger partial charge in [0.05, 0.1) is 22.5 Å². The second kappa shape index (κ2) is 13.9. The third-order valence-electron chi connectivity index (χ3n) is 8.73. The molecule has 48 heavy (non-hydrogen) atoms. The first-order chi connectivity index (χ1) is 23.2. The molecule has 2 aliphatic rings. The number of nitrogens with zero attached hydrogens (tertiary/aromatic N) is 5. The summed E-state index contributed by atoms with van der Waals surface area (Å²) in [6.45, 7) is 5.01. The zero-order valence-corrected chi connectivity index (χ0v) is 26.9. The molecule has 6 rings (SSSR count). The van der Waals surface area contributed by atoms with Crippen LogP contribution in [0.25, 0.3) is 34.2 Å². The molecule has 0 spiro atoms. The van der Waals surface area contributed by atoms with E-state index in [9.17, 15) is 22.8 Å². The topological polar surface area (TPSA) is 69.6 Å². The van der Waals surface area contributed by atoms with Crippen molar-refractivity contribution in [1.82, 2.24) is 14.9 Å². The van der Waals surface area contributed by atoms with E-state index in [1.165, 1.54) is 11.0 Å². The van der Waals surface area contributed by atoms with Crippen LogP contribution in [0.3, 0.4) is 0 Å². The summed E-state index contributed by atoms with van der Waals surface area (Å²) in [4.78, 5) is 39.2. The Balaban J connectivity index is 1.42. The number of benzene rings is 2. The fraction of sp³-hybridized carbons (Fsp3) is 0.263. The number of hydrogen-bond acceptors (Lipinski definition) is 5. The Bertz CT molecular complexity index is 1940. The second-order valence-corrected chi connectivity index (χ2v) is 11.8. The largest absolute Gasteiger partial charge is 0.418 e. The van der Waals surface area contributed by atoms with Crippen molar-refractivity contribution in [2.75, 3.05) is 36.0 Å². The van der Waals surface area contributed by atoms with Crippen molar-refractivity contribution in [3.05, 3.63) is 102 Å². The average molecular weight is 652 g/mol. The Kier molecular flexibility index (Phi) is 9.43. The molecule has 0 N–H and O–H groups in total. The molecule has 0 saturated carbocycles. The summed E-state index contributed by atoms with van der Waals surface area (Å²) in [6.07, 6.45) is 12.7. The molecule has 2 aromatic carbocycles. The number of pyridine rings is 2. The van der Waals surface area contributed by atoms with Gasteiger partial charge in [0.15, 0.2) is 0 Å². The highest BCUT2D eigenvalue weighted by Gasteiger charge is 2.37. The molecule has 4 aromatic rings. The van der Waals surface area contributed by atoms with Crippen LogP contribution in [0.15, 0.2) is 79.2 Å². The van der Waals surface area contributed by atoms with E-state index in [1.54, 1.807) is 40.4 Å². The normalized spacial score (nSPS) is 14.8. The molecule has 0 unspecified atom stereocenters. The predicted octanol–water partition coefficient (Wildman–Crippen LogP) is 8.22. The second-order valence-electron chi connectivity index (χ2n) is 11.8. The molecule has 246 valence electrons. The van der Waals surface area contributed by atoms with Gasteiger partial charge in [0.1, 0.15) is 0 Å². The van der Waals surface area contributed by atoms with Gasteiger partial charge in [-0.25, -0.2) is 0 Å². The minimum absolute atomic E-state index is 0.0160. The number of anilines is 3. The number of carbonyl (C=O) groups excluding carboxylic acids is 2. The SMILES string of the molecule is C/C=C\c1cnc2ccc(-c3cnc4c(c3)C=CC=CC4)cc2c1N(C=O)c1ccc(N2CCN(C(=O)CCC)CC2)c(C(F)(F)F)c1. The smallest absolute Gasteiger partial charge is 0.367 e. The Morgan fingerprint density at radius 3 is 2.52 bits per heavy atom. The standard InChI is InChI=1S/C38H36F3N5O2/c1-3-8-28-23-43-34-14-12-26(29-20-27-10-6-5-7-11-33(27)42-24-29)21-31(34)37(28)46(25-47)30-13-15-35(32(22-30)38(39,40)41)44-16-18-45(19-17-44)36(48)9-4-2/h3,5-8,10,12-15,20-25H,4,9,11,16-19H2,1-2H3/b8-3-. The van der Waals surface area contributed by atoms with Crippen LogP contribution in [-0.4, -0.2) is 53.4 Å². The van der Waals surface area contributed by atoms with Gasteiger partial charge in [0.25, 0.3) is 0 Å². The van der Waals surface area contributed by atoms with Crippen LogP contribution in [0.5, 0.6) is 0 Å². The number of allylic oxidation sites excluding steroid dienone is 4. The maximum Gasteiger partial charge on any atom is 0.418 e. The first-order valence-corrected chi connectivity index (χ1v) is 16.1. The number of aromatic nitrogens is 2. The lowest BCUT2D eigenvalue weighted by atomic mass is 9.99. The lowest BCUT2D eigenvalue weighted by Gasteiger charge is -2.37. The van der Waals surface area contributed by atoms with Crippen molar-refractivity contribution in [3.63, 3.8) is 0 Å². The molecular formula is C38H36F3N5O2. The molecule has 1 fully saturated rings. The molecular weight excluding hydrogens is 615 g/mol. The van der Waals surface area contributed by atoms with Crippen LogP contribution in [0, 0.1) is 0 Å². The number of hydrogen-bond donors (Lipinski definition) is 0. The lowest BCUT2D eigenvalue weighted by molar-refractivity contribution is -0.137. The molecule has 0 radical (unpaired) electrons. The predicted molar refractivity (Wildman–Crippen MR) is 185 cm³/mol. The Morgan fingerprint density at radius 1 is 0.979 bits per heavy atom. The van der Waals surface area contributed by atoms with E-state index in [2.05, 4.69) is 16.0 Å². The summed E-state index contributed by atoms with van der Waals surface area (Å²) < 4.78 is 44.0. The number of carbonyl (C=O) groups is 2. The van der Waals surface area contributed by atoms with E-state index in [-0.39, 0.29) is 30.4 Å². The number of amides is 2. The number of alkyl halides is 3. The molecule has 2 amide bonds. The van der Waals surface area contributed by atoms with Gasteiger partial charge in [-0.3, -0.25) is 24.5 Å². The highest BCUT2D eigenvalue weighted by molar-refractivity contribution is 6.05. The van der Waals surface area contributed by atoms with Gasteiger partial charge >= 0.3 is 6.18 Å². The van der Waals surface area contributed by atoms with Crippen molar-refractivity contribution in [2.24, 2.45) is 0 Å². The fourth-order valence-electron chi connectivity index (χ4n) is 6.33. The number of piperazine rings is 1. The summed E-state index contributed by atoms with van der Waals surface area (Å²) in [7, 11) is 0. The molecule has 7 nitrogen and oxygen atoms in total. The monoisotopic (exact) mass is 651 g/mol. The highest BCUT2D eigenvalue weighted by Crippen LogP contribution is 2.42. The maximum atomic E-state index is 14.7. The van der Waals surface area contributed by atoms with E-state index in [4.69, 9.17) is 0 Å². The molecule has 3 heterocycles. The lowest BCUT2D eigenvalue weighted by Crippen LogP contribution is -2.49. The van der Waals surface area contributed by atoms with Gasteiger partial charge in [-0.15, -0.1) is 0 Å². The van der Waals surface area contributed by atoms with Crippen molar-refractivity contribution in [2.45, 2.75) is 39.3 Å². The van der Waals surface area contributed by atoms with Crippen molar-refractivity contribution >= 4 is 52.4 Å². The van der Waals surface area contributed by atoms with Crippen LogP contribution >= 0.6 is 0 Å². The first kappa shape index (κ1) is 32.7. The zero-order chi connectivity index (χ0) is 33.8. The fourth-order valence-corrected chi connectivity index (χ4v) is 6.33. The van der Waals surface area contributed by atoms with E-state index in [0.717, 1.165) is 41.3 Å². The molecule has 10 heteroatoms. The van der Waals surface area contributed by atoms with Gasteiger partial charge in [-0.2, -0.15) is 13.2 Å². The highest BCUT2D eigenvalue weighted by atomic mass is 19.4. The molecule has 0 atom stereocenters. The number of halogens is 3. The van der Waals surface area contributed by atoms with Gasteiger partial charge in [-0.1, -0.05) is 49.4 Å². The third kappa shape index (κ3) is 6.60. The number of fused-ring (bicyclic) bond motifs is 2. The van der Waals surface area contributed by atoms with Crippen LogP contribution in [0.1, 0.15) is 49.1 Å². The van der Waals surface area contributed by atoms with E-state index >= 15 is 0 Å². The average Bonchev–Trinajstić information content (AvgIpc) is 3.34. The van der Waals surface area contributed by atoms with Crippen molar-refractivity contribution < 1.29 is 22.8 Å². The van der Waals surface area contributed by atoms with Gasteiger partial charge in [-0.05, 0) is 60.9 Å². The Morgan fingerprint density at radius 2 is 1.79 bits per heavy atom. The number of rotatable bonds is 8. The van der Waals surface area contributed by atoms with Gasteiger partial charge in [0, 0.05) is 79.3 Å². The third-order valence-corrected chi connectivity index (χ3v) is 8.73. The maximum absolute atomic E-state index is 14.7. The summed E-state index contributed by atoms with van der Waals surface area (Å²) in [5, 5.41) is 0.604. The van der Waals surface area contributed by atoms with Crippen LogP contribution < -0.4 is 9.80 Å². The van der Waals surface area contributed by atoms with Crippen molar-refractivity contribution in [1.29, 1.82) is 0 Å². The Hall–Kier alpha value is -5.25. The van der Waals surface area contributed by atoms with Crippen LogP contribution in [0.2, 0.25) is 0 Å². The molecule has 1 saturated heterocycles. The van der Waals surface area contributed by atoms with Gasteiger partial charge in [0.2, 0.25) is 12.3 Å². The molecule has 1 aliphatic carbocycles.